The normalized spacial score (nSPS) is 28.4. The highest BCUT2D eigenvalue weighted by atomic mass is 16.5. The molecular formula is C8H14N2O4. The molecule has 1 saturated heterocycles. The Kier molecular flexibility index (Phi) is 3.43. The van der Waals surface area contributed by atoms with Crippen LogP contribution in [0.15, 0.2) is 0 Å². The number of aliphatic carboxylic acids is 1. The van der Waals surface area contributed by atoms with E-state index in [1.54, 1.807) is 6.92 Å². The maximum Gasteiger partial charge on any atom is 0.311 e. The van der Waals surface area contributed by atoms with E-state index in [-0.39, 0.29) is 19.1 Å². The number of hydrogen-bond donors (Lipinski definition) is 3. The van der Waals surface area contributed by atoms with Crippen LogP contribution in [-0.2, 0) is 14.3 Å². The van der Waals surface area contributed by atoms with Gasteiger partial charge in [0, 0.05) is 0 Å². The minimum atomic E-state index is -0.961. The number of carboxylic acids is 1. The maximum absolute atomic E-state index is 11.2. The summed E-state index contributed by atoms with van der Waals surface area (Å²) in [6.45, 7) is 1.91. The quantitative estimate of drug-likeness (QED) is 0.519. The summed E-state index contributed by atoms with van der Waals surface area (Å²) in [5.74, 6) is -1.98. The molecule has 80 valence electrons. The van der Waals surface area contributed by atoms with Crippen LogP contribution in [0.25, 0.3) is 0 Å². The molecule has 3 atom stereocenters. The molecule has 14 heavy (non-hydrogen) atoms. The second kappa shape index (κ2) is 4.39. The van der Waals surface area contributed by atoms with Crippen molar-refractivity contribution in [1.29, 1.82) is 0 Å². The van der Waals surface area contributed by atoms with Gasteiger partial charge in [-0.25, -0.2) is 0 Å². The first-order valence-electron chi connectivity index (χ1n) is 4.39. The number of nitrogens with two attached hydrogens (primary N) is 1. The van der Waals surface area contributed by atoms with Gasteiger partial charge in [0.1, 0.15) is 5.92 Å². The lowest BCUT2D eigenvalue weighted by atomic mass is 10.0. The molecule has 0 spiro atoms. The summed E-state index contributed by atoms with van der Waals surface area (Å²) in [5.41, 5.74) is 5.34. The zero-order valence-corrected chi connectivity index (χ0v) is 7.90. The summed E-state index contributed by atoms with van der Waals surface area (Å²) >= 11 is 0. The standard InChI is InChI=1S/C8H14N2O4/c1-4(9)7(11)10-6-3-14-2-5(6)8(12)13/h4-6H,2-3,9H2,1H3,(H,10,11)(H,12,13)/t4-,5?,6?/m0/s1. The third-order valence-corrected chi connectivity index (χ3v) is 2.14. The van der Waals surface area contributed by atoms with Gasteiger partial charge >= 0.3 is 5.97 Å². The third kappa shape index (κ3) is 2.43. The van der Waals surface area contributed by atoms with Crippen molar-refractivity contribution >= 4 is 11.9 Å². The van der Waals surface area contributed by atoms with Gasteiger partial charge in [-0.05, 0) is 6.92 Å². The second-order valence-electron chi connectivity index (χ2n) is 3.39. The molecule has 1 amide bonds. The minimum Gasteiger partial charge on any atom is -0.481 e. The Morgan fingerprint density at radius 2 is 2.21 bits per heavy atom. The van der Waals surface area contributed by atoms with Crippen LogP contribution in [0.4, 0.5) is 0 Å². The molecule has 6 heteroatoms. The van der Waals surface area contributed by atoms with Crippen LogP contribution in [-0.4, -0.2) is 42.3 Å². The van der Waals surface area contributed by atoms with Crippen LogP contribution >= 0.6 is 0 Å². The average Bonchev–Trinajstić information content (AvgIpc) is 2.52. The lowest BCUT2D eigenvalue weighted by Crippen LogP contribution is -2.48. The fourth-order valence-electron chi connectivity index (χ4n) is 1.25. The molecular weight excluding hydrogens is 188 g/mol. The van der Waals surface area contributed by atoms with Crippen molar-refractivity contribution in [2.24, 2.45) is 11.7 Å². The Bertz CT molecular complexity index is 241. The molecule has 1 heterocycles. The molecule has 1 aliphatic heterocycles. The van der Waals surface area contributed by atoms with Crippen LogP contribution in [0.1, 0.15) is 6.92 Å². The van der Waals surface area contributed by atoms with Gasteiger partial charge < -0.3 is 20.9 Å². The molecule has 2 unspecified atom stereocenters. The number of hydrogen-bond acceptors (Lipinski definition) is 4. The predicted octanol–water partition coefficient (Wildman–Crippen LogP) is -1.45. The third-order valence-electron chi connectivity index (χ3n) is 2.14. The molecule has 1 aliphatic rings. The van der Waals surface area contributed by atoms with Gasteiger partial charge in [-0.3, -0.25) is 9.59 Å². The number of carboxylic acid groups (broad SMARTS) is 1. The molecule has 0 aliphatic carbocycles. The molecule has 0 radical (unpaired) electrons. The highest BCUT2D eigenvalue weighted by Gasteiger charge is 2.35. The Hall–Kier alpha value is -1.14. The van der Waals surface area contributed by atoms with Gasteiger partial charge in [0.05, 0.1) is 25.3 Å². The van der Waals surface area contributed by atoms with E-state index in [1.807, 2.05) is 0 Å². The van der Waals surface area contributed by atoms with E-state index >= 15 is 0 Å². The highest BCUT2D eigenvalue weighted by molar-refractivity contribution is 5.82. The number of amides is 1. The van der Waals surface area contributed by atoms with E-state index in [9.17, 15) is 9.59 Å². The molecule has 1 fully saturated rings. The summed E-state index contributed by atoms with van der Waals surface area (Å²) in [4.78, 5) is 21.9. The van der Waals surface area contributed by atoms with Crippen LogP contribution in [0.3, 0.4) is 0 Å². The molecule has 0 bridgehead atoms. The van der Waals surface area contributed by atoms with E-state index in [0.29, 0.717) is 0 Å². The van der Waals surface area contributed by atoms with Crippen LogP contribution in [0.5, 0.6) is 0 Å². The van der Waals surface area contributed by atoms with Gasteiger partial charge in [0.15, 0.2) is 0 Å². The molecule has 4 N–H and O–H groups in total. The molecule has 0 aromatic carbocycles. The SMILES string of the molecule is C[C@H](N)C(=O)NC1COCC1C(=O)O. The van der Waals surface area contributed by atoms with Crippen molar-refractivity contribution in [2.75, 3.05) is 13.2 Å². The maximum atomic E-state index is 11.2. The molecule has 1 rings (SSSR count). The Morgan fingerprint density at radius 3 is 2.71 bits per heavy atom. The summed E-state index contributed by atoms with van der Waals surface area (Å²) in [6, 6.07) is -1.10. The average molecular weight is 202 g/mol. The summed E-state index contributed by atoms with van der Waals surface area (Å²) in [5, 5.41) is 11.3. The molecule has 0 aromatic rings. The van der Waals surface area contributed by atoms with Crippen molar-refractivity contribution in [1.82, 2.24) is 5.32 Å². The Balaban J connectivity index is 2.51. The number of rotatable bonds is 3. The zero-order valence-electron chi connectivity index (χ0n) is 7.90. The first-order chi connectivity index (χ1) is 6.52. The zero-order chi connectivity index (χ0) is 10.7. The van der Waals surface area contributed by atoms with Crippen molar-refractivity contribution in [2.45, 2.75) is 19.0 Å². The largest absolute Gasteiger partial charge is 0.481 e. The van der Waals surface area contributed by atoms with Gasteiger partial charge in [0.25, 0.3) is 0 Å². The molecule has 6 nitrogen and oxygen atoms in total. The lowest BCUT2D eigenvalue weighted by Gasteiger charge is -2.16. The van der Waals surface area contributed by atoms with Gasteiger partial charge in [-0.15, -0.1) is 0 Å². The fourth-order valence-corrected chi connectivity index (χ4v) is 1.25. The van der Waals surface area contributed by atoms with E-state index in [2.05, 4.69) is 5.32 Å². The lowest BCUT2D eigenvalue weighted by molar-refractivity contribution is -0.142. The van der Waals surface area contributed by atoms with E-state index in [4.69, 9.17) is 15.6 Å². The van der Waals surface area contributed by atoms with E-state index in [1.165, 1.54) is 0 Å². The summed E-state index contributed by atoms with van der Waals surface area (Å²) in [7, 11) is 0. The second-order valence-corrected chi connectivity index (χ2v) is 3.39. The van der Waals surface area contributed by atoms with Crippen molar-refractivity contribution < 1.29 is 19.4 Å². The summed E-state index contributed by atoms with van der Waals surface area (Å²) < 4.78 is 4.98. The van der Waals surface area contributed by atoms with Crippen molar-refractivity contribution in [3.05, 3.63) is 0 Å². The number of carbonyl (C=O) groups excluding carboxylic acids is 1. The van der Waals surface area contributed by atoms with E-state index < -0.39 is 24.0 Å². The van der Waals surface area contributed by atoms with Crippen LogP contribution in [0, 0.1) is 5.92 Å². The van der Waals surface area contributed by atoms with E-state index in [0.717, 1.165) is 0 Å². The monoisotopic (exact) mass is 202 g/mol. The summed E-state index contributed by atoms with van der Waals surface area (Å²) in [6.07, 6.45) is 0. The Labute approximate surface area is 81.4 Å². The van der Waals surface area contributed by atoms with Crippen molar-refractivity contribution in [3.8, 4) is 0 Å². The number of ether oxygens (including phenoxy) is 1. The fraction of sp³-hybridized carbons (Fsp3) is 0.750. The van der Waals surface area contributed by atoms with Crippen LogP contribution in [0.2, 0.25) is 0 Å². The highest BCUT2D eigenvalue weighted by Crippen LogP contribution is 2.13. The first-order valence-corrected chi connectivity index (χ1v) is 4.39. The topological polar surface area (TPSA) is 102 Å². The predicted molar refractivity (Wildman–Crippen MR) is 47.5 cm³/mol. The van der Waals surface area contributed by atoms with Crippen LogP contribution < -0.4 is 11.1 Å². The van der Waals surface area contributed by atoms with Gasteiger partial charge in [-0.1, -0.05) is 0 Å². The molecule has 0 saturated carbocycles. The van der Waals surface area contributed by atoms with Gasteiger partial charge in [0.2, 0.25) is 5.91 Å². The Morgan fingerprint density at radius 1 is 1.57 bits per heavy atom. The first kappa shape index (κ1) is 10.9. The molecule has 0 aromatic heterocycles. The minimum absolute atomic E-state index is 0.138. The smallest absolute Gasteiger partial charge is 0.311 e. The number of carbonyl (C=O) groups is 2. The number of nitrogens with one attached hydrogen (secondary N) is 1. The van der Waals surface area contributed by atoms with Gasteiger partial charge in [-0.2, -0.15) is 0 Å². The van der Waals surface area contributed by atoms with Crippen molar-refractivity contribution in [3.63, 3.8) is 0 Å².